The fraction of sp³-hybridized carbons (Fsp3) is 0.462. The van der Waals surface area contributed by atoms with Crippen molar-refractivity contribution < 1.29 is 18.5 Å². The van der Waals surface area contributed by atoms with Crippen molar-refractivity contribution in [3.8, 4) is 0 Å². The number of carbonyl (C=O) groups excluding carboxylic acids is 1. The summed E-state index contributed by atoms with van der Waals surface area (Å²) in [6.07, 6.45) is 0. The lowest BCUT2D eigenvalue weighted by molar-refractivity contribution is -0.387. The lowest BCUT2D eigenvalue weighted by Gasteiger charge is -2.16. The minimum Gasteiger partial charge on any atom is -0.352 e. The van der Waals surface area contributed by atoms with Crippen molar-refractivity contribution in [3.05, 3.63) is 39.4 Å². The first-order valence-electron chi connectivity index (χ1n) is 6.16. The van der Waals surface area contributed by atoms with Gasteiger partial charge in [-0.15, -0.1) is 0 Å². The van der Waals surface area contributed by atoms with Gasteiger partial charge in [0.05, 0.1) is 4.92 Å². The Kier molecular flexibility index (Phi) is 5.12. The highest BCUT2D eigenvalue weighted by atomic mass is 19.1. The summed E-state index contributed by atoms with van der Waals surface area (Å²) in [6.45, 7) is 6.01. The van der Waals surface area contributed by atoms with Gasteiger partial charge in [-0.2, -0.15) is 4.39 Å². The molecule has 0 aromatic heterocycles. The highest BCUT2D eigenvalue weighted by Gasteiger charge is 2.26. The number of carbonyl (C=O) groups is 1. The van der Waals surface area contributed by atoms with E-state index in [-0.39, 0.29) is 18.4 Å². The van der Waals surface area contributed by atoms with E-state index in [2.05, 4.69) is 5.32 Å². The fourth-order valence-corrected chi connectivity index (χ4v) is 1.47. The molecule has 1 N–H and O–H groups in total. The van der Waals surface area contributed by atoms with E-state index >= 15 is 0 Å². The first kappa shape index (κ1) is 16.0. The van der Waals surface area contributed by atoms with Gasteiger partial charge >= 0.3 is 5.69 Å². The fourth-order valence-electron chi connectivity index (χ4n) is 1.47. The Morgan fingerprint density at radius 2 is 1.95 bits per heavy atom. The average Bonchev–Trinajstić information content (AvgIpc) is 2.35. The van der Waals surface area contributed by atoms with Crippen LogP contribution in [0.5, 0.6) is 0 Å². The molecule has 20 heavy (non-hydrogen) atoms. The van der Waals surface area contributed by atoms with Gasteiger partial charge in [-0.3, -0.25) is 14.9 Å². The van der Waals surface area contributed by atoms with Crippen LogP contribution in [0.1, 0.15) is 31.1 Å². The highest BCUT2D eigenvalue weighted by molar-refractivity contribution is 5.95. The molecule has 5 nitrogen and oxygen atoms in total. The van der Waals surface area contributed by atoms with E-state index in [0.29, 0.717) is 12.1 Å². The molecule has 0 heterocycles. The second-order valence-corrected chi connectivity index (χ2v) is 4.94. The van der Waals surface area contributed by atoms with Crippen molar-refractivity contribution in [3.63, 3.8) is 0 Å². The molecule has 1 atom stereocenters. The lowest BCUT2D eigenvalue weighted by Crippen LogP contribution is -2.31. The normalized spacial score (nSPS) is 12.3. The lowest BCUT2D eigenvalue weighted by atomic mass is 9.98. The molecule has 1 aromatic rings. The second-order valence-electron chi connectivity index (χ2n) is 4.94. The third kappa shape index (κ3) is 3.49. The minimum absolute atomic E-state index is 0.115. The SMILES string of the molecule is CC(C)C(C)CNC(=O)c1c(F)ccc([N+](=O)[O-])c1F. The van der Waals surface area contributed by atoms with Gasteiger partial charge in [0.25, 0.3) is 5.91 Å². The van der Waals surface area contributed by atoms with E-state index in [1.165, 1.54) is 0 Å². The number of amides is 1. The van der Waals surface area contributed by atoms with Gasteiger partial charge in [0.15, 0.2) is 0 Å². The number of nitro benzene ring substituents is 1. The quantitative estimate of drug-likeness (QED) is 0.668. The summed E-state index contributed by atoms with van der Waals surface area (Å²) in [7, 11) is 0. The molecule has 0 spiro atoms. The molecule has 0 bridgehead atoms. The Morgan fingerprint density at radius 1 is 1.35 bits per heavy atom. The molecule has 0 aliphatic rings. The van der Waals surface area contributed by atoms with E-state index in [1.807, 2.05) is 20.8 Å². The molecule has 7 heteroatoms. The van der Waals surface area contributed by atoms with Crippen LogP contribution in [-0.4, -0.2) is 17.4 Å². The monoisotopic (exact) mass is 286 g/mol. The van der Waals surface area contributed by atoms with E-state index in [9.17, 15) is 23.7 Å². The smallest absolute Gasteiger partial charge is 0.305 e. The number of hydrogen-bond donors (Lipinski definition) is 1. The Morgan fingerprint density at radius 3 is 2.45 bits per heavy atom. The van der Waals surface area contributed by atoms with Crippen molar-refractivity contribution >= 4 is 11.6 Å². The summed E-state index contributed by atoms with van der Waals surface area (Å²) in [5.41, 5.74) is -1.84. The maximum atomic E-state index is 13.8. The van der Waals surface area contributed by atoms with Crippen LogP contribution >= 0.6 is 0 Å². The van der Waals surface area contributed by atoms with Gasteiger partial charge in [0, 0.05) is 12.6 Å². The Balaban J connectivity index is 2.98. The molecule has 0 aliphatic carbocycles. The molecular weight excluding hydrogens is 270 g/mol. The number of benzene rings is 1. The zero-order valence-electron chi connectivity index (χ0n) is 11.4. The molecule has 0 saturated heterocycles. The van der Waals surface area contributed by atoms with E-state index < -0.39 is 33.7 Å². The number of hydrogen-bond acceptors (Lipinski definition) is 3. The maximum absolute atomic E-state index is 13.8. The van der Waals surface area contributed by atoms with Gasteiger partial charge in [0.2, 0.25) is 5.82 Å². The van der Waals surface area contributed by atoms with Crippen LogP contribution in [0.2, 0.25) is 0 Å². The average molecular weight is 286 g/mol. The Labute approximate surface area is 115 Å². The van der Waals surface area contributed by atoms with Crippen molar-refractivity contribution in [1.29, 1.82) is 0 Å². The molecule has 0 radical (unpaired) electrons. The van der Waals surface area contributed by atoms with Crippen molar-refractivity contribution in [2.24, 2.45) is 11.8 Å². The first-order valence-corrected chi connectivity index (χ1v) is 6.16. The zero-order chi connectivity index (χ0) is 15.4. The summed E-state index contributed by atoms with van der Waals surface area (Å²) in [6, 6.07) is 1.40. The van der Waals surface area contributed by atoms with Crippen LogP contribution in [0.15, 0.2) is 12.1 Å². The predicted molar refractivity (Wildman–Crippen MR) is 69.3 cm³/mol. The standard InChI is InChI=1S/C13H16F2N2O3/c1-7(2)8(3)6-16-13(18)11-9(14)4-5-10(12(11)15)17(19)20/h4-5,7-8H,6H2,1-3H3,(H,16,18). The highest BCUT2D eigenvalue weighted by Crippen LogP contribution is 2.23. The van der Waals surface area contributed by atoms with Gasteiger partial charge in [-0.1, -0.05) is 20.8 Å². The number of nitrogens with one attached hydrogen (secondary N) is 1. The Hall–Kier alpha value is -2.05. The third-order valence-electron chi connectivity index (χ3n) is 3.22. The van der Waals surface area contributed by atoms with E-state index in [1.54, 1.807) is 0 Å². The number of nitrogens with zero attached hydrogens (tertiary/aromatic N) is 1. The molecule has 110 valence electrons. The minimum atomic E-state index is -1.45. The molecule has 0 saturated carbocycles. The summed E-state index contributed by atoms with van der Waals surface area (Å²) < 4.78 is 27.3. The summed E-state index contributed by atoms with van der Waals surface area (Å²) in [5.74, 6) is -3.16. The maximum Gasteiger partial charge on any atom is 0.305 e. The largest absolute Gasteiger partial charge is 0.352 e. The summed E-state index contributed by atoms with van der Waals surface area (Å²) in [5, 5.41) is 13.0. The molecule has 0 aliphatic heterocycles. The number of rotatable bonds is 5. The van der Waals surface area contributed by atoms with Crippen LogP contribution in [0.25, 0.3) is 0 Å². The second kappa shape index (κ2) is 6.40. The van der Waals surface area contributed by atoms with Gasteiger partial charge in [-0.25, -0.2) is 4.39 Å². The summed E-state index contributed by atoms with van der Waals surface area (Å²) >= 11 is 0. The predicted octanol–water partition coefficient (Wildman–Crippen LogP) is 2.89. The molecule has 1 rings (SSSR count). The molecular formula is C13H16F2N2O3. The molecule has 0 fully saturated rings. The Bertz CT molecular complexity index is 533. The van der Waals surface area contributed by atoms with Crippen LogP contribution in [0.3, 0.4) is 0 Å². The van der Waals surface area contributed by atoms with Crippen LogP contribution in [0, 0.1) is 33.6 Å². The molecule has 1 amide bonds. The van der Waals surface area contributed by atoms with Crippen molar-refractivity contribution in [2.45, 2.75) is 20.8 Å². The number of halogens is 2. The van der Waals surface area contributed by atoms with E-state index in [0.717, 1.165) is 0 Å². The van der Waals surface area contributed by atoms with Crippen molar-refractivity contribution in [1.82, 2.24) is 5.32 Å². The van der Waals surface area contributed by atoms with Crippen LogP contribution < -0.4 is 5.32 Å². The summed E-state index contributed by atoms with van der Waals surface area (Å²) in [4.78, 5) is 21.4. The van der Waals surface area contributed by atoms with Gasteiger partial charge < -0.3 is 5.32 Å². The third-order valence-corrected chi connectivity index (χ3v) is 3.22. The molecule has 1 unspecified atom stereocenters. The van der Waals surface area contributed by atoms with Crippen LogP contribution in [-0.2, 0) is 0 Å². The van der Waals surface area contributed by atoms with Crippen LogP contribution in [0.4, 0.5) is 14.5 Å². The van der Waals surface area contributed by atoms with Gasteiger partial charge in [0.1, 0.15) is 11.4 Å². The zero-order valence-corrected chi connectivity index (χ0v) is 11.4. The van der Waals surface area contributed by atoms with Gasteiger partial charge in [-0.05, 0) is 17.9 Å². The van der Waals surface area contributed by atoms with E-state index in [4.69, 9.17) is 0 Å². The van der Waals surface area contributed by atoms with Crippen molar-refractivity contribution in [2.75, 3.05) is 6.54 Å². The topological polar surface area (TPSA) is 72.2 Å². The first-order chi connectivity index (χ1) is 9.25. The molecule has 1 aromatic carbocycles. The number of nitro groups is 1.